The highest BCUT2D eigenvalue weighted by atomic mass is 16.6. The molecule has 1 fully saturated rings. The van der Waals surface area contributed by atoms with Gasteiger partial charge in [0.1, 0.15) is 6.10 Å². The number of carbonyl (C=O) groups is 1. The van der Waals surface area contributed by atoms with Crippen molar-refractivity contribution in [2.75, 3.05) is 13.2 Å². The molecule has 1 saturated heterocycles. The number of ether oxygens (including phenoxy) is 2. The summed E-state index contributed by atoms with van der Waals surface area (Å²) >= 11 is 0. The van der Waals surface area contributed by atoms with E-state index in [1.54, 1.807) is 0 Å². The van der Waals surface area contributed by atoms with Gasteiger partial charge in [-0.2, -0.15) is 0 Å². The summed E-state index contributed by atoms with van der Waals surface area (Å²) in [6.07, 6.45) is -1.16. The van der Waals surface area contributed by atoms with Crippen LogP contribution in [0.2, 0.25) is 0 Å². The first-order chi connectivity index (χ1) is 4.70. The average molecular weight is 146 g/mol. The molecule has 4 N–H and O–H groups in total. The van der Waals surface area contributed by atoms with Gasteiger partial charge in [0.2, 0.25) is 0 Å². The average Bonchev–Trinajstić information content (AvgIpc) is 2.15. The lowest BCUT2D eigenvalue weighted by molar-refractivity contribution is 0.0867. The van der Waals surface area contributed by atoms with Crippen LogP contribution in [0.1, 0.15) is 0 Å². The number of rotatable bonds is 1. The second-order valence-electron chi connectivity index (χ2n) is 2.18. The molecule has 0 spiro atoms. The third-order valence-electron chi connectivity index (χ3n) is 1.34. The Bertz CT molecular complexity index is 139. The third kappa shape index (κ3) is 1.58. The summed E-state index contributed by atoms with van der Waals surface area (Å²) in [4.78, 5) is 10.2. The maximum atomic E-state index is 10.2. The zero-order chi connectivity index (χ0) is 7.56. The van der Waals surface area contributed by atoms with Gasteiger partial charge in [-0.1, -0.05) is 0 Å². The van der Waals surface area contributed by atoms with E-state index < -0.39 is 6.09 Å². The Morgan fingerprint density at radius 3 is 2.70 bits per heavy atom. The summed E-state index contributed by atoms with van der Waals surface area (Å²) in [5.74, 6) is 0. The predicted molar refractivity (Wildman–Crippen MR) is 33.3 cm³/mol. The Balaban J connectivity index is 2.33. The molecule has 1 aliphatic rings. The summed E-state index contributed by atoms with van der Waals surface area (Å²) in [6.45, 7) is 0.780. The number of nitrogens with two attached hydrogens (primary N) is 2. The third-order valence-corrected chi connectivity index (χ3v) is 1.34. The molecule has 58 valence electrons. The maximum Gasteiger partial charge on any atom is 0.404 e. The summed E-state index contributed by atoms with van der Waals surface area (Å²) < 4.78 is 9.52. The van der Waals surface area contributed by atoms with E-state index in [1.807, 2.05) is 0 Å². The van der Waals surface area contributed by atoms with Crippen LogP contribution in [0.3, 0.4) is 0 Å². The van der Waals surface area contributed by atoms with Crippen molar-refractivity contribution in [2.45, 2.75) is 12.1 Å². The first-order valence-electron chi connectivity index (χ1n) is 2.99. The van der Waals surface area contributed by atoms with Crippen molar-refractivity contribution in [1.29, 1.82) is 0 Å². The van der Waals surface area contributed by atoms with Gasteiger partial charge < -0.3 is 20.9 Å². The lowest BCUT2D eigenvalue weighted by Crippen LogP contribution is -2.37. The molecule has 1 aliphatic heterocycles. The van der Waals surface area contributed by atoms with Gasteiger partial charge in [0.05, 0.1) is 19.3 Å². The second kappa shape index (κ2) is 2.85. The molecule has 0 aromatic heterocycles. The van der Waals surface area contributed by atoms with Crippen LogP contribution in [0.5, 0.6) is 0 Å². The maximum absolute atomic E-state index is 10.2. The molecule has 0 aromatic carbocycles. The monoisotopic (exact) mass is 146 g/mol. The molecule has 0 saturated carbocycles. The highest BCUT2D eigenvalue weighted by molar-refractivity contribution is 5.64. The topological polar surface area (TPSA) is 87.6 Å². The molecule has 1 rings (SSSR count). The zero-order valence-corrected chi connectivity index (χ0v) is 5.45. The molecular formula is C5H10N2O3. The van der Waals surface area contributed by atoms with Crippen LogP contribution in [0.4, 0.5) is 4.79 Å². The smallest absolute Gasteiger partial charge is 0.404 e. The zero-order valence-electron chi connectivity index (χ0n) is 5.45. The molecule has 0 bridgehead atoms. The van der Waals surface area contributed by atoms with Gasteiger partial charge in [0.25, 0.3) is 0 Å². The number of hydrogen-bond acceptors (Lipinski definition) is 4. The lowest BCUT2D eigenvalue weighted by atomic mass is 10.2. The minimum Gasteiger partial charge on any atom is -0.442 e. The van der Waals surface area contributed by atoms with E-state index in [4.69, 9.17) is 16.2 Å². The molecular weight excluding hydrogens is 136 g/mol. The van der Waals surface area contributed by atoms with E-state index >= 15 is 0 Å². The number of amides is 1. The van der Waals surface area contributed by atoms with Gasteiger partial charge in [-0.3, -0.25) is 0 Å². The van der Waals surface area contributed by atoms with E-state index in [1.165, 1.54) is 0 Å². The Labute approximate surface area is 58.3 Å². The van der Waals surface area contributed by atoms with E-state index in [-0.39, 0.29) is 12.1 Å². The van der Waals surface area contributed by atoms with Crippen molar-refractivity contribution in [2.24, 2.45) is 11.5 Å². The quantitative estimate of drug-likeness (QED) is 0.486. The molecule has 10 heavy (non-hydrogen) atoms. The van der Waals surface area contributed by atoms with Crippen LogP contribution in [-0.2, 0) is 9.47 Å². The van der Waals surface area contributed by atoms with Crippen LogP contribution >= 0.6 is 0 Å². The first kappa shape index (κ1) is 7.30. The van der Waals surface area contributed by atoms with Crippen LogP contribution < -0.4 is 11.5 Å². The summed E-state index contributed by atoms with van der Waals surface area (Å²) in [6, 6.07) is -0.229. The normalized spacial score (nSPS) is 32.1. The molecule has 1 amide bonds. The summed E-state index contributed by atoms with van der Waals surface area (Å²) in [5.41, 5.74) is 10.2. The van der Waals surface area contributed by atoms with Gasteiger partial charge in [-0.05, 0) is 0 Å². The SMILES string of the molecule is NC(=O)O[C@@H]1COC[C@H]1N. The van der Waals surface area contributed by atoms with E-state index in [0.29, 0.717) is 13.2 Å². The van der Waals surface area contributed by atoms with E-state index in [2.05, 4.69) is 4.74 Å². The fraction of sp³-hybridized carbons (Fsp3) is 0.800. The van der Waals surface area contributed by atoms with Gasteiger partial charge >= 0.3 is 6.09 Å². The molecule has 5 nitrogen and oxygen atoms in total. The number of primary amides is 1. The summed E-state index contributed by atoms with van der Waals surface area (Å²) in [5, 5.41) is 0. The van der Waals surface area contributed by atoms with E-state index in [0.717, 1.165) is 0 Å². The Kier molecular flexibility index (Phi) is 2.08. The number of hydrogen-bond donors (Lipinski definition) is 2. The van der Waals surface area contributed by atoms with Crippen molar-refractivity contribution in [3.8, 4) is 0 Å². The Morgan fingerprint density at radius 2 is 2.30 bits per heavy atom. The standard InChI is InChI=1S/C5H10N2O3/c6-3-1-9-2-4(3)10-5(7)8/h3-4H,1-2,6H2,(H2,7,8)/t3-,4-/m1/s1. The van der Waals surface area contributed by atoms with Crippen LogP contribution in [0.15, 0.2) is 0 Å². The Hall–Kier alpha value is -0.810. The van der Waals surface area contributed by atoms with Gasteiger partial charge in [0.15, 0.2) is 0 Å². The highest BCUT2D eigenvalue weighted by Crippen LogP contribution is 2.06. The first-order valence-corrected chi connectivity index (χ1v) is 2.99. The molecule has 0 aromatic rings. The largest absolute Gasteiger partial charge is 0.442 e. The molecule has 0 aliphatic carbocycles. The van der Waals surface area contributed by atoms with Crippen LogP contribution in [0.25, 0.3) is 0 Å². The van der Waals surface area contributed by atoms with Crippen LogP contribution in [0, 0.1) is 0 Å². The lowest BCUT2D eigenvalue weighted by Gasteiger charge is -2.11. The van der Waals surface area contributed by atoms with Gasteiger partial charge in [0, 0.05) is 0 Å². The van der Waals surface area contributed by atoms with Crippen molar-refractivity contribution in [3.63, 3.8) is 0 Å². The highest BCUT2D eigenvalue weighted by Gasteiger charge is 2.27. The molecule has 1 heterocycles. The minimum absolute atomic E-state index is 0.229. The fourth-order valence-electron chi connectivity index (χ4n) is 0.822. The molecule has 0 radical (unpaired) electrons. The van der Waals surface area contributed by atoms with Gasteiger partial charge in [-0.25, -0.2) is 4.79 Å². The predicted octanol–water partition coefficient (Wildman–Crippen LogP) is -1.19. The molecule has 0 unspecified atom stereocenters. The van der Waals surface area contributed by atoms with E-state index in [9.17, 15) is 4.79 Å². The molecule has 2 atom stereocenters. The van der Waals surface area contributed by atoms with Gasteiger partial charge in [-0.15, -0.1) is 0 Å². The van der Waals surface area contributed by atoms with Crippen molar-refractivity contribution in [3.05, 3.63) is 0 Å². The number of carbonyl (C=O) groups excluding carboxylic acids is 1. The van der Waals surface area contributed by atoms with Crippen molar-refractivity contribution < 1.29 is 14.3 Å². The fourth-order valence-corrected chi connectivity index (χ4v) is 0.822. The molecule has 5 heteroatoms. The van der Waals surface area contributed by atoms with Crippen LogP contribution in [-0.4, -0.2) is 31.5 Å². The van der Waals surface area contributed by atoms with Crippen molar-refractivity contribution in [1.82, 2.24) is 0 Å². The Morgan fingerprint density at radius 1 is 1.60 bits per heavy atom. The summed E-state index contributed by atoms with van der Waals surface area (Å²) in [7, 11) is 0. The second-order valence-corrected chi connectivity index (χ2v) is 2.18. The van der Waals surface area contributed by atoms with Crippen molar-refractivity contribution >= 4 is 6.09 Å². The minimum atomic E-state index is -0.800.